The van der Waals surface area contributed by atoms with E-state index >= 15 is 0 Å². The fourth-order valence-corrected chi connectivity index (χ4v) is 2.55. The highest BCUT2D eigenvalue weighted by Crippen LogP contribution is 2.15. The van der Waals surface area contributed by atoms with E-state index in [-0.39, 0.29) is 5.91 Å². The van der Waals surface area contributed by atoms with E-state index in [2.05, 4.69) is 27.9 Å². The molecule has 20 heavy (non-hydrogen) atoms. The number of thiocarbonyl (C=S) groups is 1. The number of benzene rings is 2. The highest BCUT2D eigenvalue weighted by atomic mass is 127. The van der Waals surface area contributed by atoms with Crippen LogP contribution in [0.5, 0.6) is 0 Å². The topological polar surface area (TPSA) is 55.1 Å². The number of carbonyl (C=O) groups excluding carboxylic acids is 1. The molecule has 0 fully saturated rings. The Morgan fingerprint density at radius 1 is 1.15 bits per heavy atom. The first kappa shape index (κ1) is 14.9. The van der Waals surface area contributed by atoms with Crippen LogP contribution < -0.4 is 11.1 Å². The monoisotopic (exact) mass is 396 g/mol. The normalized spacial score (nSPS) is 10.1. The van der Waals surface area contributed by atoms with Crippen LogP contribution in [-0.4, -0.2) is 10.9 Å². The summed E-state index contributed by atoms with van der Waals surface area (Å²) < 4.78 is 0.924. The Hall–Kier alpha value is -1.47. The van der Waals surface area contributed by atoms with E-state index in [9.17, 15) is 4.79 Å². The maximum Gasteiger partial charge on any atom is 0.256 e. The third-order valence-electron chi connectivity index (χ3n) is 2.71. The van der Waals surface area contributed by atoms with Crippen molar-refractivity contribution in [2.45, 2.75) is 6.42 Å². The molecule has 0 aliphatic rings. The highest BCUT2D eigenvalue weighted by molar-refractivity contribution is 14.1. The summed E-state index contributed by atoms with van der Waals surface area (Å²) in [7, 11) is 0. The first-order valence-corrected chi connectivity index (χ1v) is 7.48. The molecular formula is C15H13IN2OS. The van der Waals surface area contributed by atoms with Crippen molar-refractivity contribution in [1.29, 1.82) is 0 Å². The van der Waals surface area contributed by atoms with Gasteiger partial charge in [0.05, 0.1) is 10.6 Å². The van der Waals surface area contributed by atoms with E-state index in [1.165, 1.54) is 0 Å². The van der Waals surface area contributed by atoms with Gasteiger partial charge in [-0.2, -0.15) is 0 Å². The summed E-state index contributed by atoms with van der Waals surface area (Å²) in [5.74, 6) is -0.114. The molecule has 0 saturated heterocycles. The predicted octanol–water partition coefficient (Wildman–Crippen LogP) is 3.37. The largest absolute Gasteiger partial charge is 0.393 e. The van der Waals surface area contributed by atoms with Crippen molar-refractivity contribution >= 4 is 51.4 Å². The average molecular weight is 396 g/mol. The summed E-state index contributed by atoms with van der Waals surface area (Å²) >= 11 is 7.01. The maximum atomic E-state index is 12.1. The number of halogens is 1. The minimum Gasteiger partial charge on any atom is -0.393 e. The zero-order valence-electron chi connectivity index (χ0n) is 10.6. The third kappa shape index (κ3) is 4.01. The van der Waals surface area contributed by atoms with Crippen LogP contribution in [0.3, 0.4) is 0 Å². The van der Waals surface area contributed by atoms with Crippen LogP contribution in [-0.2, 0) is 6.42 Å². The third-order valence-corrected chi connectivity index (χ3v) is 3.79. The van der Waals surface area contributed by atoms with E-state index in [1.807, 2.05) is 42.5 Å². The molecule has 2 aromatic carbocycles. The molecule has 0 saturated carbocycles. The van der Waals surface area contributed by atoms with Gasteiger partial charge in [0.15, 0.2) is 0 Å². The van der Waals surface area contributed by atoms with Gasteiger partial charge in [0.25, 0.3) is 5.91 Å². The van der Waals surface area contributed by atoms with Crippen LogP contribution in [0.4, 0.5) is 5.69 Å². The second-order valence-corrected chi connectivity index (χ2v) is 5.96. The number of rotatable bonds is 4. The van der Waals surface area contributed by atoms with Gasteiger partial charge < -0.3 is 11.1 Å². The van der Waals surface area contributed by atoms with E-state index in [1.54, 1.807) is 6.07 Å². The molecule has 1 amide bonds. The Kier molecular flexibility index (Phi) is 5.08. The van der Waals surface area contributed by atoms with Crippen LogP contribution in [0.1, 0.15) is 15.9 Å². The lowest BCUT2D eigenvalue weighted by molar-refractivity contribution is 0.102. The Labute approximate surface area is 136 Å². The van der Waals surface area contributed by atoms with Crippen LogP contribution in [0.15, 0.2) is 48.5 Å². The summed E-state index contributed by atoms with van der Waals surface area (Å²) in [6.07, 6.45) is 0.570. The van der Waals surface area contributed by atoms with Crippen LogP contribution in [0, 0.1) is 3.57 Å². The first-order valence-electron chi connectivity index (χ1n) is 5.99. The Bertz CT molecular complexity index is 641. The summed E-state index contributed by atoms with van der Waals surface area (Å²) in [6.45, 7) is 0. The molecule has 0 unspecified atom stereocenters. The van der Waals surface area contributed by atoms with Crippen molar-refractivity contribution in [3.8, 4) is 0 Å². The molecule has 2 aromatic rings. The standard InChI is InChI=1S/C15H13IN2OS/c16-13-4-2-1-3-12(13)15(19)18-11-7-5-10(6-8-11)9-14(17)20/h1-8H,9H2,(H2,17,20)(H,18,19). The molecule has 3 nitrogen and oxygen atoms in total. The maximum absolute atomic E-state index is 12.1. The minimum atomic E-state index is -0.114. The minimum absolute atomic E-state index is 0.114. The SMILES string of the molecule is NC(=S)Cc1ccc(NC(=O)c2ccccc2I)cc1. The lowest BCUT2D eigenvalue weighted by Gasteiger charge is -2.07. The van der Waals surface area contributed by atoms with Crippen molar-refractivity contribution < 1.29 is 4.79 Å². The summed E-state index contributed by atoms with van der Waals surface area (Å²) in [6, 6.07) is 15.0. The molecule has 0 heterocycles. The average Bonchev–Trinajstić information content (AvgIpc) is 2.41. The summed E-state index contributed by atoms with van der Waals surface area (Å²) in [4.78, 5) is 12.6. The lowest BCUT2D eigenvalue weighted by Crippen LogP contribution is -2.14. The molecule has 0 aromatic heterocycles. The van der Waals surface area contributed by atoms with Gasteiger partial charge in [-0.15, -0.1) is 0 Å². The molecule has 5 heteroatoms. The van der Waals surface area contributed by atoms with Crippen molar-refractivity contribution in [2.24, 2.45) is 5.73 Å². The summed E-state index contributed by atoms with van der Waals surface area (Å²) in [5, 5.41) is 2.87. The fraction of sp³-hybridized carbons (Fsp3) is 0.0667. The van der Waals surface area contributed by atoms with Crippen LogP contribution >= 0.6 is 34.8 Å². The highest BCUT2D eigenvalue weighted by Gasteiger charge is 2.09. The van der Waals surface area contributed by atoms with Gasteiger partial charge in [-0.3, -0.25) is 4.79 Å². The smallest absolute Gasteiger partial charge is 0.256 e. The quantitative estimate of drug-likeness (QED) is 0.616. The second-order valence-electron chi connectivity index (χ2n) is 4.27. The van der Waals surface area contributed by atoms with Gasteiger partial charge in [-0.25, -0.2) is 0 Å². The fourth-order valence-electron chi connectivity index (χ4n) is 1.75. The molecule has 0 radical (unpaired) electrons. The lowest BCUT2D eigenvalue weighted by atomic mass is 10.1. The molecule has 3 N–H and O–H groups in total. The van der Waals surface area contributed by atoms with E-state index in [0.29, 0.717) is 17.0 Å². The van der Waals surface area contributed by atoms with Crippen LogP contribution in [0.2, 0.25) is 0 Å². The van der Waals surface area contributed by atoms with Gasteiger partial charge >= 0.3 is 0 Å². The predicted molar refractivity (Wildman–Crippen MR) is 94.0 cm³/mol. The number of nitrogens with two attached hydrogens (primary N) is 1. The van der Waals surface area contributed by atoms with Gasteiger partial charge in [0, 0.05) is 15.7 Å². The molecule has 0 aliphatic carbocycles. The number of carbonyl (C=O) groups is 1. The number of amides is 1. The summed E-state index contributed by atoms with van der Waals surface area (Å²) in [5.41, 5.74) is 7.95. The second kappa shape index (κ2) is 6.81. The van der Waals surface area contributed by atoms with Gasteiger partial charge in [-0.05, 0) is 52.4 Å². The number of anilines is 1. The molecular weight excluding hydrogens is 383 g/mol. The molecule has 2 rings (SSSR count). The van der Waals surface area contributed by atoms with Crippen LogP contribution in [0.25, 0.3) is 0 Å². The van der Waals surface area contributed by atoms with Gasteiger partial charge in [-0.1, -0.05) is 36.5 Å². The molecule has 0 spiro atoms. The first-order chi connectivity index (χ1) is 9.56. The Balaban J connectivity index is 2.09. The Morgan fingerprint density at radius 3 is 2.40 bits per heavy atom. The van der Waals surface area contributed by atoms with Gasteiger partial charge in [0.2, 0.25) is 0 Å². The van der Waals surface area contributed by atoms with Gasteiger partial charge in [0.1, 0.15) is 0 Å². The van der Waals surface area contributed by atoms with E-state index < -0.39 is 0 Å². The zero-order valence-corrected chi connectivity index (χ0v) is 13.6. The van der Waals surface area contributed by atoms with E-state index in [0.717, 1.165) is 14.8 Å². The number of hydrogen-bond acceptors (Lipinski definition) is 2. The van der Waals surface area contributed by atoms with E-state index in [4.69, 9.17) is 18.0 Å². The van der Waals surface area contributed by atoms with Crippen molar-refractivity contribution in [3.05, 3.63) is 63.2 Å². The number of hydrogen-bond donors (Lipinski definition) is 2. The van der Waals surface area contributed by atoms with Crippen molar-refractivity contribution in [1.82, 2.24) is 0 Å². The molecule has 102 valence electrons. The zero-order chi connectivity index (χ0) is 14.5. The molecule has 0 atom stereocenters. The molecule has 0 bridgehead atoms. The molecule has 0 aliphatic heterocycles. The van der Waals surface area contributed by atoms with Crippen molar-refractivity contribution in [2.75, 3.05) is 5.32 Å². The Morgan fingerprint density at radius 2 is 1.80 bits per heavy atom. The van der Waals surface area contributed by atoms with Crippen molar-refractivity contribution in [3.63, 3.8) is 0 Å². The number of nitrogens with one attached hydrogen (secondary N) is 1.